The fraction of sp³-hybridized carbons (Fsp3) is 0.542. The molecule has 36 heavy (non-hydrogen) atoms. The Morgan fingerprint density at radius 2 is 1.92 bits per heavy atom. The summed E-state index contributed by atoms with van der Waals surface area (Å²) in [5.74, 6) is 0.671. The number of hydrogen-bond donors (Lipinski definition) is 2. The molecule has 0 unspecified atom stereocenters. The average molecular weight is 514 g/mol. The third-order valence-electron chi connectivity index (χ3n) is 7.83. The minimum atomic E-state index is -3.78. The Labute approximate surface area is 210 Å². The van der Waals surface area contributed by atoms with Crippen LogP contribution in [0, 0.1) is 6.92 Å². The standard InChI is InChI=1S/C24H31N7O4S/c1-17-2-3-18(12-19(17)20-13-31-21(25)26-16-27-22(31)28-20)36(32,33)29-23-4-6-24(7-5-23,35-15-23)14-30-8-10-34-11-9-30/h2-3,12-13,16,29H,4-11,14-15H2,1H3,(H2,25,26,27,28). The van der Waals surface area contributed by atoms with Gasteiger partial charge in [-0.3, -0.25) is 9.30 Å². The fourth-order valence-corrected chi connectivity index (χ4v) is 7.09. The fourth-order valence-electron chi connectivity index (χ4n) is 5.62. The van der Waals surface area contributed by atoms with Gasteiger partial charge in [0.2, 0.25) is 21.7 Å². The smallest absolute Gasteiger partial charge is 0.241 e. The number of aromatic nitrogens is 4. The summed E-state index contributed by atoms with van der Waals surface area (Å²) in [6.07, 6.45) is 6.29. The second kappa shape index (κ2) is 8.73. The number of sulfonamides is 1. The molecule has 4 fully saturated rings. The van der Waals surface area contributed by atoms with Crippen LogP contribution in [-0.4, -0.2) is 83.3 Å². The number of nitrogens with zero attached hydrogens (tertiary/aromatic N) is 5. The normalized spacial score (nSPS) is 27.0. The van der Waals surface area contributed by atoms with Gasteiger partial charge in [-0.2, -0.15) is 0 Å². The maximum absolute atomic E-state index is 13.5. The maximum Gasteiger partial charge on any atom is 0.241 e. The number of anilines is 1. The summed E-state index contributed by atoms with van der Waals surface area (Å²) >= 11 is 0. The second-order valence-corrected chi connectivity index (χ2v) is 11.9. The molecule has 3 aliphatic heterocycles. The molecule has 1 aliphatic carbocycles. The number of nitrogen functional groups attached to an aromatic ring is 1. The maximum atomic E-state index is 13.5. The SMILES string of the molecule is Cc1ccc(S(=O)(=O)NC23CCC(CN4CCOCC4)(CC2)OC3)cc1-c1cn2c(N)ncnc2n1. The number of aryl methyl sites for hydroxylation is 1. The van der Waals surface area contributed by atoms with Crippen LogP contribution in [0.25, 0.3) is 17.0 Å². The van der Waals surface area contributed by atoms with Crippen molar-refractivity contribution in [1.29, 1.82) is 0 Å². The van der Waals surface area contributed by atoms with Crippen molar-refractivity contribution in [2.45, 2.75) is 48.6 Å². The molecule has 2 aromatic heterocycles. The zero-order chi connectivity index (χ0) is 25.0. The number of fused-ring (bicyclic) bond motifs is 4. The van der Waals surface area contributed by atoms with Crippen molar-refractivity contribution in [3.63, 3.8) is 0 Å². The highest BCUT2D eigenvalue weighted by atomic mass is 32.2. The number of hydrogen-bond acceptors (Lipinski definition) is 9. The molecule has 0 atom stereocenters. The topological polar surface area (TPSA) is 137 Å². The lowest BCUT2D eigenvalue weighted by molar-refractivity contribution is -0.170. The molecule has 5 heterocycles. The van der Waals surface area contributed by atoms with Gasteiger partial charge in [-0.1, -0.05) is 6.07 Å². The van der Waals surface area contributed by atoms with Crippen molar-refractivity contribution in [3.8, 4) is 11.3 Å². The summed E-state index contributed by atoms with van der Waals surface area (Å²) in [5, 5.41) is 0. The van der Waals surface area contributed by atoms with Gasteiger partial charge < -0.3 is 15.2 Å². The molecule has 7 rings (SSSR count). The highest BCUT2D eigenvalue weighted by Crippen LogP contribution is 2.45. The minimum absolute atomic E-state index is 0.185. The van der Waals surface area contributed by atoms with E-state index in [4.69, 9.17) is 15.2 Å². The third-order valence-corrected chi connectivity index (χ3v) is 9.41. The Bertz CT molecular complexity index is 1380. The molecule has 0 spiro atoms. The molecule has 4 aliphatic rings. The lowest BCUT2D eigenvalue weighted by atomic mass is 9.71. The van der Waals surface area contributed by atoms with Gasteiger partial charge in [0, 0.05) is 31.4 Å². The Kier molecular flexibility index (Phi) is 5.76. The number of nitrogens with two attached hydrogens (primary N) is 1. The van der Waals surface area contributed by atoms with Crippen LogP contribution >= 0.6 is 0 Å². The molecule has 192 valence electrons. The zero-order valence-electron chi connectivity index (χ0n) is 20.3. The van der Waals surface area contributed by atoms with Crippen molar-refractivity contribution in [1.82, 2.24) is 29.0 Å². The van der Waals surface area contributed by atoms with Crippen molar-refractivity contribution in [2.75, 3.05) is 45.2 Å². The van der Waals surface area contributed by atoms with Crippen LogP contribution in [0.2, 0.25) is 0 Å². The van der Waals surface area contributed by atoms with Crippen molar-refractivity contribution in [3.05, 3.63) is 36.3 Å². The van der Waals surface area contributed by atoms with Gasteiger partial charge in [0.1, 0.15) is 6.33 Å². The van der Waals surface area contributed by atoms with Gasteiger partial charge in [-0.05, 0) is 50.3 Å². The number of nitrogens with one attached hydrogen (secondary N) is 1. The van der Waals surface area contributed by atoms with Gasteiger partial charge in [0.25, 0.3) is 0 Å². The van der Waals surface area contributed by atoms with Crippen LogP contribution in [0.5, 0.6) is 0 Å². The average Bonchev–Trinajstić information content (AvgIpc) is 3.31. The molecule has 2 bridgehead atoms. The van der Waals surface area contributed by atoms with E-state index in [1.165, 1.54) is 6.33 Å². The molecule has 12 heteroatoms. The summed E-state index contributed by atoms with van der Waals surface area (Å²) in [4.78, 5) is 15.2. The van der Waals surface area contributed by atoms with E-state index in [9.17, 15) is 8.42 Å². The predicted octanol–water partition coefficient (Wildman–Crippen LogP) is 1.37. The second-order valence-electron chi connectivity index (χ2n) is 10.3. The molecule has 1 aromatic carbocycles. The summed E-state index contributed by atoms with van der Waals surface area (Å²) in [7, 11) is -3.78. The predicted molar refractivity (Wildman–Crippen MR) is 133 cm³/mol. The van der Waals surface area contributed by atoms with E-state index in [0.717, 1.165) is 64.1 Å². The van der Waals surface area contributed by atoms with Crippen LogP contribution in [0.4, 0.5) is 5.95 Å². The summed E-state index contributed by atoms with van der Waals surface area (Å²) in [6, 6.07) is 5.10. The van der Waals surface area contributed by atoms with Crippen LogP contribution in [0.15, 0.2) is 35.6 Å². The molecular weight excluding hydrogens is 482 g/mol. The third kappa shape index (κ3) is 4.26. The first-order valence-corrected chi connectivity index (χ1v) is 13.8. The van der Waals surface area contributed by atoms with E-state index in [2.05, 4.69) is 24.6 Å². The summed E-state index contributed by atoms with van der Waals surface area (Å²) < 4.78 is 43.5. The number of morpholine rings is 1. The lowest BCUT2D eigenvalue weighted by Crippen LogP contribution is -2.65. The molecule has 3 N–H and O–H groups in total. The quantitative estimate of drug-likeness (QED) is 0.501. The molecule has 3 saturated heterocycles. The van der Waals surface area contributed by atoms with Crippen molar-refractivity contribution >= 4 is 21.7 Å². The van der Waals surface area contributed by atoms with E-state index in [-0.39, 0.29) is 16.4 Å². The van der Waals surface area contributed by atoms with Gasteiger partial charge in [-0.25, -0.2) is 28.1 Å². The van der Waals surface area contributed by atoms with Crippen molar-refractivity contribution < 1.29 is 17.9 Å². The largest absolute Gasteiger partial charge is 0.379 e. The summed E-state index contributed by atoms with van der Waals surface area (Å²) in [5.41, 5.74) is 7.35. The van der Waals surface area contributed by atoms with Crippen LogP contribution in [0.3, 0.4) is 0 Å². The minimum Gasteiger partial charge on any atom is -0.379 e. The van der Waals surface area contributed by atoms with Gasteiger partial charge in [-0.15, -0.1) is 0 Å². The number of imidazole rings is 1. The lowest BCUT2D eigenvalue weighted by Gasteiger charge is -2.54. The van der Waals surface area contributed by atoms with E-state index < -0.39 is 15.6 Å². The number of ether oxygens (including phenoxy) is 2. The first kappa shape index (κ1) is 23.7. The Balaban J connectivity index is 1.21. The van der Waals surface area contributed by atoms with Crippen LogP contribution in [-0.2, 0) is 19.5 Å². The first-order valence-electron chi connectivity index (χ1n) is 12.3. The molecule has 3 aromatic rings. The zero-order valence-corrected chi connectivity index (χ0v) is 21.1. The van der Waals surface area contributed by atoms with E-state index in [1.807, 2.05) is 6.92 Å². The number of rotatable bonds is 6. The monoisotopic (exact) mass is 513 g/mol. The Morgan fingerprint density at radius 3 is 2.61 bits per heavy atom. The molecular formula is C24H31N7O4S. The van der Waals surface area contributed by atoms with Gasteiger partial charge in [0.15, 0.2) is 0 Å². The highest BCUT2D eigenvalue weighted by molar-refractivity contribution is 7.89. The van der Waals surface area contributed by atoms with Crippen LogP contribution < -0.4 is 10.5 Å². The van der Waals surface area contributed by atoms with E-state index in [0.29, 0.717) is 23.6 Å². The Morgan fingerprint density at radius 1 is 1.14 bits per heavy atom. The first-order chi connectivity index (χ1) is 17.3. The van der Waals surface area contributed by atoms with Crippen molar-refractivity contribution in [2.24, 2.45) is 0 Å². The van der Waals surface area contributed by atoms with Crippen LogP contribution in [0.1, 0.15) is 31.2 Å². The number of benzene rings is 1. The van der Waals surface area contributed by atoms with Gasteiger partial charge >= 0.3 is 0 Å². The highest BCUT2D eigenvalue weighted by Gasteiger charge is 2.52. The van der Waals surface area contributed by atoms with E-state index in [1.54, 1.807) is 28.8 Å². The molecule has 1 saturated carbocycles. The summed E-state index contributed by atoms with van der Waals surface area (Å²) in [6.45, 7) is 6.55. The molecule has 0 amide bonds. The molecule has 11 nitrogen and oxygen atoms in total. The molecule has 0 radical (unpaired) electrons. The Hall–Kier alpha value is -2.64. The van der Waals surface area contributed by atoms with Gasteiger partial charge in [0.05, 0.1) is 41.6 Å². The van der Waals surface area contributed by atoms with E-state index >= 15 is 0 Å².